The van der Waals surface area contributed by atoms with E-state index in [1.807, 2.05) is 16.3 Å². The number of ketones is 2. The molecular formula is C66H68F8N20O9. The van der Waals surface area contributed by atoms with Crippen LogP contribution in [0.15, 0.2) is 110 Å². The predicted octanol–water partition coefficient (Wildman–Crippen LogP) is 9.19. The number of rotatable bonds is 17. The molecule has 6 bridgehead atoms. The lowest BCUT2D eigenvalue weighted by Crippen LogP contribution is -2.49. The summed E-state index contributed by atoms with van der Waals surface area (Å²) in [5.41, 5.74) is 3.18. The first-order valence-corrected chi connectivity index (χ1v) is 32.7. The largest absolute Gasteiger partial charge is 0.491 e. The number of hydrogen-bond donors (Lipinski definition) is 7. The first kappa shape index (κ1) is 71.6. The summed E-state index contributed by atoms with van der Waals surface area (Å²) < 4.78 is 111. The summed E-state index contributed by atoms with van der Waals surface area (Å²) in [5.74, 6) is -5.01. The fourth-order valence-electron chi connectivity index (χ4n) is 12.5. The molecule has 0 radical (unpaired) electrons. The summed E-state index contributed by atoms with van der Waals surface area (Å²) in [7, 11) is 0. The molecule has 14 rings (SSSR count). The molecule has 0 aliphatic carbocycles. The monoisotopic (exact) mass is 1440 g/mol. The summed E-state index contributed by atoms with van der Waals surface area (Å²) in [6.07, 6.45) is -0.158. The fraction of sp³-hybridized carbons (Fsp3) is 0.394. The highest BCUT2D eigenvalue weighted by Gasteiger charge is 2.45. The van der Waals surface area contributed by atoms with Crippen LogP contribution in [0, 0.1) is 5.92 Å². The third-order valence-corrected chi connectivity index (χ3v) is 18.0. The molecule has 0 saturated carbocycles. The van der Waals surface area contributed by atoms with Crippen molar-refractivity contribution in [1.29, 1.82) is 0 Å². The second-order valence-electron chi connectivity index (χ2n) is 25.4. The molecule has 0 aromatic carbocycles. The first-order chi connectivity index (χ1) is 49.0. The summed E-state index contributed by atoms with van der Waals surface area (Å²) >= 11 is 0. The quantitative estimate of drug-likeness (QED) is 0.0330. The molecule has 29 nitrogen and oxygen atoms in total. The number of nitrogens with zero attached hydrogens (tertiary/aromatic N) is 15. The summed E-state index contributed by atoms with van der Waals surface area (Å²) in [4.78, 5) is 117. The Morgan fingerprint density at radius 3 is 1.66 bits per heavy atom. The van der Waals surface area contributed by atoms with Gasteiger partial charge in [0.1, 0.15) is 59.0 Å². The van der Waals surface area contributed by atoms with Gasteiger partial charge in [0.15, 0.2) is 29.0 Å². The van der Waals surface area contributed by atoms with Crippen LogP contribution >= 0.6 is 0 Å². The maximum Gasteiger partial charge on any atom is 0.408 e. The minimum absolute atomic E-state index is 0.0317. The van der Waals surface area contributed by atoms with Gasteiger partial charge >= 0.3 is 30.4 Å². The van der Waals surface area contributed by atoms with E-state index in [-0.39, 0.29) is 71.5 Å². The van der Waals surface area contributed by atoms with Gasteiger partial charge in [-0.25, -0.2) is 57.8 Å². The fourth-order valence-corrected chi connectivity index (χ4v) is 12.5. The van der Waals surface area contributed by atoms with Crippen molar-refractivity contribution in [3.8, 4) is 11.4 Å². The number of aliphatic hydroxyl groups is 2. The highest BCUT2D eigenvalue weighted by molar-refractivity contribution is 6.08. The van der Waals surface area contributed by atoms with E-state index in [1.165, 1.54) is 62.2 Å². The van der Waals surface area contributed by atoms with E-state index in [9.17, 15) is 69.0 Å². The Bertz CT molecular complexity index is 4490. The van der Waals surface area contributed by atoms with E-state index < -0.39 is 91.4 Å². The molecule has 103 heavy (non-hydrogen) atoms. The van der Waals surface area contributed by atoms with Gasteiger partial charge in [-0.15, -0.1) is 5.10 Å². The lowest BCUT2D eigenvalue weighted by atomic mass is 10.0. The molecule has 542 valence electrons. The van der Waals surface area contributed by atoms with Gasteiger partial charge in [-0.2, -0.15) is 26.3 Å². The van der Waals surface area contributed by atoms with Crippen molar-refractivity contribution in [3.05, 3.63) is 127 Å². The van der Waals surface area contributed by atoms with Gasteiger partial charge in [0.25, 0.3) is 5.91 Å². The standard InChI is InChI=1S/C23H27F2N5O5.C22H21F3N6O2.C21H20F3N9O2/c1-23(24,25)7-4-19(33)17-2-3-18-21(27-17)30(14-6-9-29(18)11-14)22(34)28-20-10-16(5-8-26-20)35-13-15(32)12-31;1-12(22(23,24)25)8-18(32)15-2-3-17-20(28-15)31(14-5-7-30(17)11-14)21(33)29-19-9-13-4-6-26-16(13)10-27-19;1-12(21(22,23)24)27-19(34)15-2-3-16-18(28-15)33(14-5-8-31(16)11-14)20(35)29-17-10-13(4-6-25-17)32-9-7-26-30-32/h2-3,5,8,10,14-15,31-32H,4,6-7,9,11-13H2,1H3,(H,26,28,34);2-4,6,9-10,12,14,26H,5,7-8,11H2,1H3,(H,27,29,33);2-4,6-7,9-10,12,14H,5,8,11H2,1H3,(H,27,34)(H,25,29,35)/t14-,15+;12-,14-;12-,14+/m001/s1. The van der Waals surface area contributed by atoms with Crippen LogP contribution in [0.5, 0.6) is 5.75 Å². The maximum absolute atomic E-state index is 13.3. The van der Waals surface area contributed by atoms with Gasteiger partial charge in [0.2, 0.25) is 5.92 Å². The number of ether oxygens (including phenoxy) is 1. The van der Waals surface area contributed by atoms with Crippen LogP contribution < -0.4 is 55.4 Å². The number of amides is 7. The molecule has 37 heteroatoms. The van der Waals surface area contributed by atoms with Crippen molar-refractivity contribution in [1.82, 2.24) is 55.2 Å². The number of alkyl halides is 8. The van der Waals surface area contributed by atoms with Crippen LogP contribution in [0.4, 0.5) is 101 Å². The van der Waals surface area contributed by atoms with Gasteiger partial charge in [0, 0.05) is 94.6 Å². The van der Waals surface area contributed by atoms with E-state index in [0.29, 0.717) is 92.1 Å². The van der Waals surface area contributed by atoms with Gasteiger partial charge in [0.05, 0.1) is 77.5 Å². The number of halogens is 8. The average molecular weight is 1440 g/mol. The normalized spacial score (nSPS) is 17.9. The number of pyridine rings is 6. The van der Waals surface area contributed by atoms with E-state index in [1.54, 1.807) is 61.1 Å². The topological polar surface area (TPSA) is 344 Å². The number of carbonyl (C=O) groups excluding carboxylic acids is 6. The molecule has 3 fully saturated rings. The van der Waals surface area contributed by atoms with Crippen LogP contribution in [0.3, 0.4) is 0 Å². The maximum atomic E-state index is 13.3. The Labute approximate surface area is 580 Å². The molecule has 0 spiro atoms. The molecule has 14 heterocycles. The minimum Gasteiger partial charge on any atom is -0.491 e. The smallest absolute Gasteiger partial charge is 0.408 e. The Balaban J connectivity index is 0.000000146. The highest BCUT2D eigenvalue weighted by atomic mass is 19.4. The van der Waals surface area contributed by atoms with Crippen molar-refractivity contribution in [2.24, 2.45) is 5.92 Å². The third kappa shape index (κ3) is 16.3. The number of anilines is 9. The predicted molar refractivity (Wildman–Crippen MR) is 358 cm³/mol. The number of aromatic amines is 1. The highest BCUT2D eigenvalue weighted by Crippen LogP contribution is 2.43. The van der Waals surface area contributed by atoms with E-state index in [4.69, 9.17) is 9.84 Å². The van der Waals surface area contributed by atoms with Crippen molar-refractivity contribution < 1.29 is 78.8 Å². The number of fused-ring (bicyclic) bond motifs is 13. The Morgan fingerprint density at radius 2 is 1.15 bits per heavy atom. The number of Topliss-reactive ketones (excluding diaryl/α,β-unsaturated/α-hetero) is 2. The zero-order valence-corrected chi connectivity index (χ0v) is 55.2. The van der Waals surface area contributed by atoms with Crippen molar-refractivity contribution in [3.63, 3.8) is 0 Å². The molecule has 3 saturated heterocycles. The minimum atomic E-state index is -4.59. The molecule has 7 N–H and O–H groups in total. The number of nitrogens with one attached hydrogen (secondary N) is 5. The zero-order chi connectivity index (χ0) is 73.2. The second-order valence-corrected chi connectivity index (χ2v) is 25.4. The van der Waals surface area contributed by atoms with Crippen molar-refractivity contribution in [2.45, 2.75) is 108 Å². The average Bonchev–Trinajstić information content (AvgIpc) is 1.69. The first-order valence-electron chi connectivity index (χ1n) is 32.7. The lowest BCUT2D eigenvalue weighted by molar-refractivity contribution is -0.168. The number of hydrogen-bond acceptors (Lipinski definition) is 20. The van der Waals surface area contributed by atoms with Gasteiger partial charge in [-0.1, -0.05) is 12.1 Å². The van der Waals surface area contributed by atoms with Crippen LogP contribution in [0.1, 0.15) is 90.8 Å². The Morgan fingerprint density at radius 1 is 0.631 bits per heavy atom. The van der Waals surface area contributed by atoms with E-state index in [2.05, 4.69) is 71.0 Å². The van der Waals surface area contributed by atoms with Gasteiger partial charge in [-0.3, -0.25) is 45.0 Å². The second kappa shape index (κ2) is 29.4. The molecular weight excluding hydrogens is 1370 g/mol. The van der Waals surface area contributed by atoms with Crippen LogP contribution in [-0.2, 0) is 0 Å². The number of carbonyl (C=O) groups is 6. The lowest BCUT2D eigenvalue weighted by Gasteiger charge is -2.35. The summed E-state index contributed by atoms with van der Waals surface area (Å²) in [6, 6.07) is 15.1. The van der Waals surface area contributed by atoms with E-state index >= 15 is 0 Å². The Kier molecular flexibility index (Phi) is 20.4. The SMILES string of the molecule is CC(F)(F)CCC(=O)c1ccc2c(n1)N(C(=O)Nc1cc(OC[C@H](O)CO)ccn1)[C@H]1CCN2C1.C[C@@H](CC(=O)c1ccc2c(n1)N(C(=O)Nc1cc3cc[nH]c3cn1)[C@H]1CCN2C1)C(F)(F)F.C[C@@H](NC(=O)c1ccc2c(n1)N(C(=O)Nc1cc(-n3ccnn3)ccn1)[C@H]1CCN2C1)C(F)(F)F. The number of H-pyrrole nitrogens is 1. The van der Waals surface area contributed by atoms with Crippen molar-refractivity contribution >= 4 is 98.4 Å². The summed E-state index contributed by atoms with van der Waals surface area (Å²) in [5, 5.41) is 37.1. The molecule has 8 aromatic rings. The Hall–Kier alpha value is -11.2. The van der Waals surface area contributed by atoms with Crippen LogP contribution in [-0.4, -0.2) is 197 Å². The summed E-state index contributed by atoms with van der Waals surface area (Å²) in [6.45, 7) is 5.92. The van der Waals surface area contributed by atoms with Gasteiger partial charge in [-0.05, 0) is 93.8 Å². The zero-order valence-electron chi connectivity index (χ0n) is 55.2. The molecule has 7 amide bonds. The third-order valence-electron chi connectivity index (χ3n) is 18.0. The number of aromatic nitrogens is 10. The number of urea groups is 3. The molecule has 6 atom stereocenters. The van der Waals surface area contributed by atoms with Crippen LogP contribution in [0.2, 0.25) is 0 Å². The molecule has 6 aliphatic rings. The molecule has 0 unspecified atom stereocenters. The van der Waals surface area contributed by atoms with Gasteiger partial charge < -0.3 is 40.0 Å². The number of aliphatic hydroxyl groups excluding tert-OH is 2. The van der Waals surface area contributed by atoms with Crippen molar-refractivity contribution in [2.75, 3.05) is 97.8 Å². The van der Waals surface area contributed by atoms with Crippen LogP contribution in [0.25, 0.3) is 16.6 Å². The molecule has 8 aromatic heterocycles. The van der Waals surface area contributed by atoms with E-state index in [0.717, 1.165) is 38.2 Å². The molecule has 6 aliphatic heterocycles.